The number of benzene rings is 2. The van der Waals surface area contributed by atoms with Gasteiger partial charge in [-0.15, -0.1) is 0 Å². The van der Waals surface area contributed by atoms with Crippen molar-refractivity contribution in [2.24, 2.45) is 0 Å². The number of hydrogen-bond donors (Lipinski definition) is 1. The second kappa shape index (κ2) is 6.49. The summed E-state index contributed by atoms with van der Waals surface area (Å²) in [6, 6.07) is 11.7. The standard InChI is InChI=1S/C16H17Cl2NO/c1-10-4-6-12(17)9-13(10)16(19-2)11-5-7-15(20-3)14(18)8-11/h4-9,16,19H,1-3H3. The fourth-order valence-electron chi connectivity index (χ4n) is 2.29. The first-order valence-electron chi connectivity index (χ1n) is 6.33. The van der Waals surface area contributed by atoms with E-state index in [1.165, 1.54) is 5.56 Å². The van der Waals surface area contributed by atoms with Crippen LogP contribution in [0.2, 0.25) is 10.0 Å². The molecule has 0 aliphatic heterocycles. The van der Waals surface area contributed by atoms with Gasteiger partial charge in [0.25, 0.3) is 0 Å². The number of hydrogen-bond acceptors (Lipinski definition) is 2. The highest BCUT2D eigenvalue weighted by Gasteiger charge is 2.16. The SMILES string of the molecule is CNC(c1ccc(OC)c(Cl)c1)c1cc(Cl)ccc1C. The van der Waals surface area contributed by atoms with Gasteiger partial charge in [0, 0.05) is 5.02 Å². The second-order valence-corrected chi connectivity index (χ2v) is 5.46. The zero-order valence-corrected chi connectivity index (χ0v) is 13.2. The summed E-state index contributed by atoms with van der Waals surface area (Å²) in [7, 11) is 3.53. The molecule has 0 aliphatic rings. The summed E-state index contributed by atoms with van der Waals surface area (Å²) < 4.78 is 5.19. The van der Waals surface area contributed by atoms with Gasteiger partial charge in [-0.1, -0.05) is 35.3 Å². The minimum Gasteiger partial charge on any atom is -0.495 e. The maximum Gasteiger partial charge on any atom is 0.137 e. The Bertz CT molecular complexity index is 613. The molecule has 2 rings (SSSR count). The van der Waals surface area contributed by atoms with Gasteiger partial charge in [-0.05, 0) is 54.9 Å². The van der Waals surface area contributed by atoms with Crippen LogP contribution in [0.4, 0.5) is 0 Å². The Hall–Kier alpha value is -1.22. The minimum absolute atomic E-state index is 0.0390. The molecule has 1 N–H and O–H groups in total. The molecule has 1 atom stereocenters. The fraction of sp³-hybridized carbons (Fsp3) is 0.250. The van der Waals surface area contributed by atoms with Crippen LogP contribution in [0.15, 0.2) is 36.4 Å². The van der Waals surface area contributed by atoms with Crippen LogP contribution in [0, 0.1) is 6.92 Å². The lowest BCUT2D eigenvalue weighted by atomic mass is 9.95. The van der Waals surface area contributed by atoms with Crippen molar-refractivity contribution in [3.63, 3.8) is 0 Å². The van der Waals surface area contributed by atoms with Crippen molar-refractivity contribution in [1.82, 2.24) is 5.32 Å². The monoisotopic (exact) mass is 309 g/mol. The summed E-state index contributed by atoms with van der Waals surface area (Å²) in [5.41, 5.74) is 3.39. The average Bonchev–Trinajstić information content (AvgIpc) is 2.44. The fourth-order valence-corrected chi connectivity index (χ4v) is 2.73. The van der Waals surface area contributed by atoms with E-state index in [9.17, 15) is 0 Å². The Balaban J connectivity index is 2.46. The number of methoxy groups -OCH3 is 1. The van der Waals surface area contributed by atoms with Gasteiger partial charge in [-0.3, -0.25) is 0 Å². The molecule has 0 spiro atoms. The van der Waals surface area contributed by atoms with Crippen molar-refractivity contribution in [3.8, 4) is 5.75 Å². The van der Waals surface area contributed by atoms with E-state index in [1.54, 1.807) is 7.11 Å². The molecule has 1 unspecified atom stereocenters. The molecule has 4 heteroatoms. The molecular weight excluding hydrogens is 293 g/mol. The van der Waals surface area contributed by atoms with Crippen molar-refractivity contribution >= 4 is 23.2 Å². The van der Waals surface area contributed by atoms with E-state index in [0.29, 0.717) is 10.8 Å². The maximum atomic E-state index is 6.21. The third-order valence-corrected chi connectivity index (χ3v) is 3.88. The first-order chi connectivity index (χ1) is 9.56. The lowest BCUT2D eigenvalue weighted by Gasteiger charge is -2.20. The molecule has 0 bridgehead atoms. The van der Waals surface area contributed by atoms with Crippen LogP contribution in [0.3, 0.4) is 0 Å². The van der Waals surface area contributed by atoms with Crippen LogP contribution in [-0.4, -0.2) is 14.2 Å². The molecule has 0 saturated heterocycles. The molecule has 0 fully saturated rings. The molecular formula is C16H17Cl2NO. The van der Waals surface area contributed by atoms with Crippen molar-refractivity contribution < 1.29 is 4.74 Å². The molecule has 0 aliphatic carbocycles. The predicted molar refractivity (Wildman–Crippen MR) is 85.1 cm³/mol. The van der Waals surface area contributed by atoms with Crippen LogP contribution >= 0.6 is 23.2 Å². The van der Waals surface area contributed by atoms with Crippen LogP contribution in [-0.2, 0) is 0 Å². The Kier molecular flexibility index (Phi) is 4.92. The van der Waals surface area contributed by atoms with Gasteiger partial charge < -0.3 is 10.1 Å². The van der Waals surface area contributed by atoms with Gasteiger partial charge in [0.1, 0.15) is 5.75 Å². The molecule has 0 heterocycles. The molecule has 2 aromatic rings. The lowest BCUT2D eigenvalue weighted by molar-refractivity contribution is 0.414. The Morgan fingerprint density at radius 2 is 1.85 bits per heavy atom. The van der Waals surface area contributed by atoms with Gasteiger partial charge in [-0.2, -0.15) is 0 Å². The number of nitrogens with one attached hydrogen (secondary N) is 1. The second-order valence-electron chi connectivity index (χ2n) is 4.62. The van der Waals surface area contributed by atoms with E-state index in [4.69, 9.17) is 27.9 Å². The van der Waals surface area contributed by atoms with E-state index >= 15 is 0 Å². The molecule has 0 saturated carbocycles. The molecule has 0 amide bonds. The smallest absolute Gasteiger partial charge is 0.137 e. The summed E-state index contributed by atoms with van der Waals surface area (Å²) in [6.45, 7) is 2.07. The third kappa shape index (κ3) is 3.09. The van der Waals surface area contributed by atoms with Gasteiger partial charge in [-0.25, -0.2) is 0 Å². The average molecular weight is 310 g/mol. The van der Waals surface area contributed by atoms with E-state index in [-0.39, 0.29) is 6.04 Å². The largest absolute Gasteiger partial charge is 0.495 e. The highest BCUT2D eigenvalue weighted by atomic mass is 35.5. The van der Waals surface area contributed by atoms with Gasteiger partial charge >= 0.3 is 0 Å². The van der Waals surface area contributed by atoms with Gasteiger partial charge in [0.05, 0.1) is 18.2 Å². The first kappa shape index (κ1) is 15.2. The normalized spacial score (nSPS) is 12.2. The lowest BCUT2D eigenvalue weighted by Crippen LogP contribution is -2.18. The summed E-state index contributed by atoms with van der Waals surface area (Å²) in [6.07, 6.45) is 0. The van der Waals surface area contributed by atoms with Crippen LogP contribution in [0.5, 0.6) is 5.75 Å². The molecule has 2 nitrogen and oxygen atoms in total. The van der Waals surface area contributed by atoms with Crippen molar-refractivity contribution in [2.75, 3.05) is 14.2 Å². The highest BCUT2D eigenvalue weighted by Crippen LogP contribution is 2.32. The number of aryl methyl sites for hydroxylation is 1. The number of ether oxygens (including phenoxy) is 1. The van der Waals surface area contributed by atoms with E-state index in [1.807, 2.05) is 43.4 Å². The summed E-state index contributed by atoms with van der Waals surface area (Å²) in [5.74, 6) is 0.674. The van der Waals surface area contributed by atoms with E-state index in [2.05, 4.69) is 12.2 Å². The topological polar surface area (TPSA) is 21.3 Å². The molecule has 0 aromatic heterocycles. The zero-order chi connectivity index (χ0) is 14.7. The summed E-state index contributed by atoms with van der Waals surface area (Å²) >= 11 is 12.3. The minimum atomic E-state index is 0.0390. The van der Waals surface area contributed by atoms with Crippen LogP contribution < -0.4 is 10.1 Å². The Morgan fingerprint density at radius 3 is 2.45 bits per heavy atom. The molecule has 2 aromatic carbocycles. The molecule has 0 radical (unpaired) electrons. The van der Waals surface area contributed by atoms with Gasteiger partial charge in [0.2, 0.25) is 0 Å². The van der Waals surface area contributed by atoms with Crippen molar-refractivity contribution in [2.45, 2.75) is 13.0 Å². The van der Waals surface area contributed by atoms with Crippen LogP contribution in [0.25, 0.3) is 0 Å². The zero-order valence-electron chi connectivity index (χ0n) is 11.7. The first-order valence-corrected chi connectivity index (χ1v) is 7.09. The number of halogens is 2. The van der Waals surface area contributed by atoms with E-state index < -0.39 is 0 Å². The van der Waals surface area contributed by atoms with E-state index in [0.717, 1.165) is 16.1 Å². The quantitative estimate of drug-likeness (QED) is 0.890. The Morgan fingerprint density at radius 1 is 1.10 bits per heavy atom. The highest BCUT2D eigenvalue weighted by molar-refractivity contribution is 6.32. The third-order valence-electron chi connectivity index (χ3n) is 3.35. The maximum absolute atomic E-state index is 6.21. The molecule has 20 heavy (non-hydrogen) atoms. The van der Waals surface area contributed by atoms with Crippen LogP contribution in [0.1, 0.15) is 22.7 Å². The summed E-state index contributed by atoms with van der Waals surface area (Å²) in [5, 5.41) is 4.64. The van der Waals surface area contributed by atoms with Crippen molar-refractivity contribution in [1.29, 1.82) is 0 Å². The summed E-state index contributed by atoms with van der Waals surface area (Å²) in [4.78, 5) is 0. The predicted octanol–water partition coefficient (Wildman–Crippen LogP) is 4.62. The van der Waals surface area contributed by atoms with Crippen molar-refractivity contribution in [3.05, 3.63) is 63.1 Å². The molecule has 106 valence electrons. The number of rotatable bonds is 4. The van der Waals surface area contributed by atoms with Gasteiger partial charge in [0.15, 0.2) is 0 Å². The Labute approximate surface area is 129 Å².